The van der Waals surface area contributed by atoms with Crippen molar-refractivity contribution in [1.29, 1.82) is 0 Å². The van der Waals surface area contributed by atoms with Crippen molar-refractivity contribution in [3.05, 3.63) is 63.3 Å². The van der Waals surface area contributed by atoms with Crippen molar-refractivity contribution in [1.82, 2.24) is 9.71 Å². The molecule has 164 valence electrons. The van der Waals surface area contributed by atoms with Crippen LogP contribution >= 0.6 is 22.7 Å². The summed E-state index contributed by atoms with van der Waals surface area (Å²) >= 11 is 2.73. The first-order valence-electron chi connectivity index (χ1n) is 9.32. The second-order valence-electron chi connectivity index (χ2n) is 6.39. The fourth-order valence-electron chi connectivity index (χ4n) is 2.65. The van der Waals surface area contributed by atoms with Crippen molar-refractivity contribution in [2.75, 3.05) is 11.4 Å². The van der Waals surface area contributed by atoms with Crippen molar-refractivity contribution < 1.29 is 22.7 Å². The number of thiophene rings is 1. The molecule has 0 fully saturated rings. The van der Waals surface area contributed by atoms with E-state index in [1.807, 2.05) is 24.4 Å². The highest BCUT2D eigenvalue weighted by atomic mass is 32.2. The normalized spacial score (nSPS) is 11.3. The van der Waals surface area contributed by atoms with E-state index < -0.39 is 16.0 Å². The first-order valence-corrected chi connectivity index (χ1v) is 12.6. The Kier molecular flexibility index (Phi) is 7.55. The molecule has 1 N–H and O–H groups in total. The van der Waals surface area contributed by atoms with E-state index in [1.54, 1.807) is 5.38 Å². The molecule has 0 unspecified atom stereocenters. The number of thiazole rings is 1. The first-order chi connectivity index (χ1) is 14.8. The minimum atomic E-state index is -3.78. The minimum absolute atomic E-state index is 0.0190. The third kappa shape index (κ3) is 5.97. The van der Waals surface area contributed by atoms with E-state index in [1.165, 1.54) is 58.8 Å². The Morgan fingerprint density at radius 3 is 2.68 bits per heavy atom. The van der Waals surface area contributed by atoms with Gasteiger partial charge >= 0.3 is 5.97 Å². The number of ether oxygens (including phenoxy) is 1. The highest BCUT2D eigenvalue weighted by Gasteiger charge is 2.18. The molecular formula is C20H21N3O5S3. The average molecular weight is 480 g/mol. The number of nitrogens with one attached hydrogen (secondary N) is 1. The van der Waals surface area contributed by atoms with Gasteiger partial charge in [-0.2, -0.15) is 0 Å². The van der Waals surface area contributed by atoms with E-state index in [0.29, 0.717) is 17.4 Å². The van der Waals surface area contributed by atoms with Gasteiger partial charge in [-0.15, -0.1) is 22.7 Å². The van der Waals surface area contributed by atoms with E-state index in [9.17, 15) is 18.0 Å². The largest absolute Gasteiger partial charge is 0.456 e. The van der Waals surface area contributed by atoms with Crippen LogP contribution in [-0.4, -0.2) is 31.8 Å². The molecule has 0 radical (unpaired) electrons. The Balaban J connectivity index is 1.64. The fraction of sp³-hybridized carbons (Fsp3) is 0.250. The molecule has 1 aromatic carbocycles. The van der Waals surface area contributed by atoms with Crippen LogP contribution < -0.4 is 9.62 Å². The standard InChI is InChI=1S/C20H21N3O5S3/c1-3-23(14(2)24)20-22-16(13-30-20)12-28-19(25)15-6-4-8-18(10-15)31(26,27)21-11-17-7-5-9-29-17/h4-10,13,21H,3,11-12H2,1-2H3. The molecule has 0 aliphatic heterocycles. The Morgan fingerprint density at radius 1 is 1.19 bits per heavy atom. The van der Waals surface area contributed by atoms with E-state index in [-0.39, 0.29) is 29.5 Å². The van der Waals surface area contributed by atoms with Crippen LogP contribution in [0.1, 0.15) is 34.8 Å². The average Bonchev–Trinajstić information content (AvgIpc) is 3.43. The van der Waals surface area contributed by atoms with Crippen molar-refractivity contribution in [3.63, 3.8) is 0 Å². The predicted molar refractivity (Wildman–Crippen MR) is 120 cm³/mol. The van der Waals surface area contributed by atoms with Gasteiger partial charge in [-0.1, -0.05) is 12.1 Å². The quantitative estimate of drug-likeness (QED) is 0.472. The lowest BCUT2D eigenvalue weighted by molar-refractivity contribution is -0.116. The molecule has 2 aromatic heterocycles. The maximum Gasteiger partial charge on any atom is 0.338 e. The number of anilines is 1. The van der Waals surface area contributed by atoms with Gasteiger partial charge in [0.15, 0.2) is 5.13 Å². The van der Waals surface area contributed by atoms with Crippen LogP contribution in [0.4, 0.5) is 5.13 Å². The molecule has 2 heterocycles. The summed E-state index contributed by atoms with van der Waals surface area (Å²) in [5, 5.41) is 4.11. The molecule has 0 aliphatic rings. The SMILES string of the molecule is CCN(C(C)=O)c1nc(COC(=O)c2cccc(S(=O)(=O)NCc3cccs3)c2)cs1. The molecule has 0 bridgehead atoms. The van der Waals surface area contributed by atoms with Gasteiger partial charge in [0.25, 0.3) is 0 Å². The zero-order chi connectivity index (χ0) is 22.4. The lowest BCUT2D eigenvalue weighted by atomic mass is 10.2. The summed E-state index contributed by atoms with van der Waals surface area (Å²) in [6.07, 6.45) is 0. The number of sulfonamides is 1. The molecule has 31 heavy (non-hydrogen) atoms. The fourth-order valence-corrected chi connectivity index (χ4v) is 5.36. The van der Waals surface area contributed by atoms with Gasteiger partial charge in [0.2, 0.25) is 15.9 Å². The van der Waals surface area contributed by atoms with Crippen molar-refractivity contribution in [2.45, 2.75) is 31.9 Å². The van der Waals surface area contributed by atoms with E-state index in [4.69, 9.17) is 4.74 Å². The van der Waals surface area contributed by atoms with Crippen LogP contribution in [0.25, 0.3) is 0 Å². The van der Waals surface area contributed by atoms with Crippen LogP contribution in [0.2, 0.25) is 0 Å². The predicted octanol–water partition coefficient (Wildman–Crippen LogP) is 3.41. The maximum atomic E-state index is 12.5. The summed E-state index contributed by atoms with van der Waals surface area (Å²) in [7, 11) is -3.78. The van der Waals surface area contributed by atoms with Gasteiger partial charge < -0.3 is 4.74 Å². The second-order valence-corrected chi connectivity index (χ2v) is 10.0. The Labute approximate surface area is 188 Å². The summed E-state index contributed by atoms with van der Waals surface area (Å²) in [4.78, 5) is 30.7. The number of hydrogen-bond donors (Lipinski definition) is 1. The zero-order valence-corrected chi connectivity index (χ0v) is 19.4. The molecule has 0 atom stereocenters. The molecule has 1 amide bonds. The third-order valence-electron chi connectivity index (χ3n) is 4.21. The second kappa shape index (κ2) is 10.1. The number of nitrogens with zero attached hydrogens (tertiary/aromatic N) is 2. The molecule has 0 saturated heterocycles. The molecule has 0 aliphatic carbocycles. The summed E-state index contributed by atoms with van der Waals surface area (Å²) in [6.45, 7) is 3.89. The number of carbonyl (C=O) groups excluding carboxylic acids is 2. The van der Waals surface area contributed by atoms with E-state index in [2.05, 4.69) is 9.71 Å². The maximum absolute atomic E-state index is 12.5. The topological polar surface area (TPSA) is 106 Å². The van der Waals surface area contributed by atoms with Gasteiger partial charge in [0.1, 0.15) is 6.61 Å². The summed E-state index contributed by atoms with van der Waals surface area (Å²) < 4.78 is 32.9. The van der Waals surface area contributed by atoms with Crippen LogP contribution in [-0.2, 0) is 32.7 Å². The summed E-state index contributed by atoms with van der Waals surface area (Å²) in [5.41, 5.74) is 0.628. The van der Waals surface area contributed by atoms with E-state index >= 15 is 0 Å². The number of aromatic nitrogens is 1. The van der Waals surface area contributed by atoms with Gasteiger partial charge in [0.05, 0.1) is 16.2 Å². The van der Waals surface area contributed by atoms with Crippen LogP contribution in [0.3, 0.4) is 0 Å². The number of amides is 1. The van der Waals surface area contributed by atoms with E-state index in [0.717, 1.165) is 4.88 Å². The van der Waals surface area contributed by atoms with Crippen LogP contribution in [0.5, 0.6) is 0 Å². The van der Waals surface area contributed by atoms with Crippen molar-refractivity contribution >= 4 is 49.7 Å². The lowest BCUT2D eigenvalue weighted by Gasteiger charge is -2.14. The first kappa shape index (κ1) is 23.1. The summed E-state index contributed by atoms with van der Waals surface area (Å²) in [6, 6.07) is 9.35. The molecule has 11 heteroatoms. The highest BCUT2D eigenvalue weighted by Crippen LogP contribution is 2.21. The summed E-state index contributed by atoms with van der Waals surface area (Å²) in [5.74, 6) is -0.783. The molecule has 3 aromatic rings. The third-order valence-corrected chi connectivity index (χ3v) is 7.40. The van der Waals surface area contributed by atoms with Crippen LogP contribution in [0, 0.1) is 0 Å². The molecular weight excluding hydrogens is 458 g/mol. The van der Waals surface area contributed by atoms with Crippen LogP contribution in [0.15, 0.2) is 52.1 Å². The van der Waals surface area contributed by atoms with Crippen molar-refractivity contribution in [3.8, 4) is 0 Å². The molecule has 0 saturated carbocycles. The van der Waals surface area contributed by atoms with Gasteiger partial charge in [0, 0.05) is 30.3 Å². The smallest absolute Gasteiger partial charge is 0.338 e. The molecule has 3 rings (SSSR count). The van der Waals surface area contributed by atoms with Gasteiger partial charge in [-0.05, 0) is 36.6 Å². The molecule has 0 spiro atoms. The number of rotatable bonds is 9. The van der Waals surface area contributed by atoms with Crippen molar-refractivity contribution in [2.24, 2.45) is 0 Å². The minimum Gasteiger partial charge on any atom is -0.456 e. The highest BCUT2D eigenvalue weighted by molar-refractivity contribution is 7.89. The number of esters is 1. The Hall–Kier alpha value is -2.60. The molecule has 8 nitrogen and oxygen atoms in total. The number of carbonyl (C=O) groups is 2. The Bertz CT molecular complexity index is 1160. The lowest BCUT2D eigenvalue weighted by Crippen LogP contribution is -2.27. The van der Waals surface area contributed by atoms with Gasteiger partial charge in [-0.25, -0.2) is 22.9 Å². The zero-order valence-electron chi connectivity index (χ0n) is 16.9. The number of hydrogen-bond acceptors (Lipinski definition) is 8. The monoisotopic (exact) mass is 479 g/mol. The van der Waals surface area contributed by atoms with Gasteiger partial charge in [-0.3, -0.25) is 9.69 Å². The number of benzene rings is 1. The Morgan fingerprint density at radius 2 is 2.00 bits per heavy atom.